The zero-order valence-corrected chi connectivity index (χ0v) is 13.3. The van der Waals surface area contributed by atoms with Gasteiger partial charge in [-0.3, -0.25) is 10.1 Å². The fourth-order valence-electron chi connectivity index (χ4n) is 2.27. The molecule has 0 aliphatic rings. The van der Waals surface area contributed by atoms with Crippen molar-refractivity contribution in [3.8, 4) is 0 Å². The molecule has 6 heteroatoms. The van der Waals surface area contributed by atoms with Crippen LogP contribution in [0, 0.1) is 19.7 Å². The second kappa shape index (κ2) is 6.62. The number of hydrogen-bond acceptors (Lipinski definition) is 4. The third kappa shape index (κ3) is 3.48. The van der Waals surface area contributed by atoms with Gasteiger partial charge in [0.2, 0.25) is 5.89 Å². The number of nitrogens with one attached hydrogen (secondary N) is 1. The zero-order chi connectivity index (χ0) is 17.1. The van der Waals surface area contributed by atoms with E-state index >= 15 is 0 Å². The fraction of sp³-hybridized carbons (Fsp3) is 0.167. The highest BCUT2D eigenvalue weighted by Crippen LogP contribution is 2.16. The monoisotopic (exact) mass is 325 g/mol. The van der Waals surface area contributed by atoms with Gasteiger partial charge in [-0.2, -0.15) is 0 Å². The Labute approximate surface area is 138 Å². The van der Waals surface area contributed by atoms with Gasteiger partial charge in [0.15, 0.2) is 0 Å². The number of carbonyl (C=O) groups excluding carboxylic acids is 1. The van der Waals surface area contributed by atoms with Gasteiger partial charge >= 0.3 is 6.01 Å². The summed E-state index contributed by atoms with van der Waals surface area (Å²) in [5.74, 6) is -0.860. The predicted molar refractivity (Wildman–Crippen MR) is 87.4 cm³/mol. The van der Waals surface area contributed by atoms with Gasteiger partial charge in [-0.1, -0.05) is 35.4 Å². The number of hydrogen-bond donors (Lipinski definition) is 1. The third-order valence-corrected chi connectivity index (χ3v) is 3.73. The van der Waals surface area contributed by atoms with Crippen LogP contribution in [0.4, 0.5) is 10.4 Å². The van der Waals surface area contributed by atoms with Crippen LogP contribution >= 0.6 is 0 Å². The highest BCUT2D eigenvalue weighted by Gasteiger charge is 2.15. The van der Waals surface area contributed by atoms with E-state index < -0.39 is 11.7 Å². The molecule has 1 amide bonds. The first-order chi connectivity index (χ1) is 11.5. The van der Waals surface area contributed by atoms with Crippen molar-refractivity contribution in [2.24, 2.45) is 0 Å². The van der Waals surface area contributed by atoms with E-state index in [9.17, 15) is 9.18 Å². The minimum absolute atomic E-state index is 0.0536. The number of aryl methyl sites for hydroxylation is 2. The molecule has 1 heterocycles. The van der Waals surface area contributed by atoms with Crippen LogP contribution < -0.4 is 5.32 Å². The van der Waals surface area contributed by atoms with Crippen LogP contribution in [0.25, 0.3) is 0 Å². The highest BCUT2D eigenvalue weighted by atomic mass is 19.1. The summed E-state index contributed by atoms with van der Waals surface area (Å²) in [5.41, 5.74) is 3.35. The summed E-state index contributed by atoms with van der Waals surface area (Å²) >= 11 is 0. The van der Waals surface area contributed by atoms with E-state index in [2.05, 4.69) is 21.6 Å². The smallest absolute Gasteiger partial charge is 0.322 e. The molecule has 0 bridgehead atoms. The van der Waals surface area contributed by atoms with E-state index in [1.807, 2.05) is 26.0 Å². The lowest BCUT2D eigenvalue weighted by molar-refractivity contribution is 0.102. The average Bonchev–Trinajstić information content (AvgIpc) is 2.98. The molecule has 0 spiro atoms. The van der Waals surface area contributed by atoms with Crippen LogP contribution in [0.3, 0.4) is 0 Å². The Hall–Kier alpha value is -3.02. The summed E-state index contributed by atoms with van der Waals surface area (Å²) in [6, 6.07) is 11.7. The molecule has 24 heavy (non-hydrogen) atoms. The molecule has 122 valence electrons. The minimum atomic E-state index is -0.630. The summed E-state index contributed by atoms with van der Waals surface area (Å²) in [6.45, 7) is 4.08. The molecule has 3 aromatic rings. The molecule has 5 nitrogen and oxygen atoms in total. The summed E-state index contributed by atoms with van der Waals surface area (Å²) < 4.78 is 19.0. The molecule has 0 saturated carbocycles. The van der Waals surface area contributed by atoms with Gasteiger partial charge in [0, 0.05) is 0 Å². The average molecular weight is 325 g/mol. The van der Waals surface area contributed by atoms with Gasteiger partial charge < -0.3 is 4.42 Å². The van der Waals surface area contributed by atoms with E-state index in [1.165, 1.54) is 29.3 Å². The van der Waals surface area contributed by atoms with Crippen LogP contribution in [0.15, 0.2) is 46.9 Å². The Morgan fingerprint density at radius 3 is 2.67 bits per heavy atom. The number of anilines is 1. The lowest BCUT2D eigenvalue weighted by Gasteiger charge is -2.03. The SMILES string of the molecule is Cc1ccc(Cc2nnc(NC(=O)c3ccccc3F)o2)cc1C. The van der Waals surface area contributed by atoms with Crippen molar-refractivity contribution in [3.63, 3.8) is 0 Å². The second-order valence-electron chi connectivity index (χ2n) is 5.53. The van der Waals surface area contributed by atoms with Crippen molar-refractivity contribution in [3.05, 3.63) is 76.4 Å². The second-order valence-corrected chi connectivity index (χ2v) is 5.53. The molecule has 0 aliphatic carbocycles. The molecule has 0 unspecified atom stereocenters. The Balaban J connectivity index is 1.70. The number of halogens is 1. The Bertz CT molecular complexity index is 889. The standard InChI is InChI=1S/C18H16FN3O2/c1-11-7-8-13(9-12(11)2)10-16-21-22-18(24-16)20-17(23)14-5-3-4-6-15(14)19/h3-9H,10H2,1-2H3,(H,20,22,23). The van der Waals surface area contributed by atoms with Crippen LogP contribution in [0.5, 0.6) is 0 Å². The Morgan fingerprint density at radius 2 is 1.92 bits per heavy atom. The molecule has 3 rings (SSSR count). The van der Waals surface area contributed by atoms with Crippen molar-refractivity contribution >= 4 is 11.9 Å². The molecule has 1 aromatic heterocycles. The van der Waals surface area contributed by atoms with Gasteiger partial charge in [-0.05, 0) is 42.7 Å². The molecular formula is C18H16FN3O2. The van der Waals surface area contributed by atoms with Crippen molar-refractivity contribution in [1.29, 1.82) is 0 Å². The molecule has 0 radical (unpaired) electrons. The fourth-order valence-corrected chi connectivity index (χ4v) is 2.27. The van der Waals surface area contributed by atoms with Crippen LogP contribution in [0.2, 0.25) is 0 Å². The Morgan fingerprint density at radius 1 is 1.12 bits per heavy atom. The molecule has 0 fully saturated rings. The summed E-state index contributed by atoms with van der Waals surface area (Å²) in [4.78, 5) is 12.0. The predicted octanol–water partition coefficient (Wildman–Crippen LogP) is 3.67. The highest BCUT2D eigenvalue weighted by molar-refractivity contribution is 6.03. The van der Waals surface area contributed by atoms with Gasteiger partial charge in [0.05, 0.1) is 12.0 Å². The van der Waals surface area contributed by atoms with Gasteiger partial charge in [-0.25, -0.2) is 4.39 Å². The topological polar surface area (TPSA) is 68.0 Å². The molecule has 1 N–H and O–H groups in total. The lowest BCUT2D eigenvalue weighted by Crippen LogP contribution is -2.13. The lowest BCUT2D eigenvalue weighted by atomic mass is 10.0. The number of rotatable bonds is 4. The van der Waals surface area contributed by atoms with E-state index in [4.69, 9.17) is 4.42 Å². The zero-order valence-electron chi connectivity index (χ0n) is 13.3. The first-order valence-corrected chi connectivity index (χ1v) is 7.47. The summed E-state index contributed by atoms with van der Waals surface area (Å²) in [6.07, 6.45) is 0.462. The van der Waals surface area contributed by atoms with E-state index in [0.717, 1.165) is 5.56 Å². The maximum Gasteiger partial charge on any atom is 0.322 e. The number of amides is 1. The quantitative estimate of drug-likeness (QED) is 0.795. The molecule has 0 aliphatic heterocycles. The number of carbonyl (C=O) groups is 1. The maximum absolute atomic E-state index is 13.6. The van der Waals surface area contributed by atoms with Crippen molar-refractivity contribution in [2.45, 2.75) is 20.3 Å². The molecule has 2 aromatic carbocycles. The van der Waals surface area contributed by atoms with E-state index in [1.54, 1.807) is 6.07 Å². The maximum atomic E-state index is 13.6. The minimum Gasteiger partial charge on any atom is -0.407 e. The summed E-state index contributed by atoms with van der Waals surface area (Å²) in [5, 5.41) is 10.1. The number of benzene rings is 2. The van der Waals surface area contributed by atoms with Crippen molar-refractivity contribution in [2.75, 3.05) is 5.32 Å². The largest absolute Gasteiger partial charge is 0.407 e. The first kappa shape index (κ1) is 15.9. The van der Waals surface area contributed by atoms with E-state index in [-0.39, 0.29) is 11.6 Å². The third-order valence-electron chi connectivity index (χ3n) is 3.73. The molecule has 0 saturated heterocycles. The van der Waals surface area contributed by atoms with Crippen molar-refractivity contribution < 1.29 is 13.6 Å². The number of nitrogens with zero attached hydrogens (tertiary/aromatic N) is 2. The normalized spacial score (nSPS) is 10.6. The Kier molecular flexibility index (Phi) is 4.37. The van der Waals surface area contributed by atoms with Crippen LogP contribution in [-0.2, 0) is 6.42 Å². The van der Waals surface area contributed by atoms with Gasteiger partial charge in [0.25, 0.3) is 5.91 Å². The van der Waals surface area contributed by atoms with Crippen LogP contribution in [-0.4, -0.2) is 16.1 Å². The first-order valence-electron chi connectivity index (χ1n) is 7.47. The van der Waals surface area contributed by atoms with Crippen LogP contribution in [0.1, 0.15) is 32.9 Å². The van der Waals surface area contributed by atoms with Gasteiger partial charge in [0.1, 0.15) is 5.82 Å². The molecular weight excluding hydrogens is 309 g/mol. The van der Waals surface area contributed by atoms with Crippen molar-refractivity contribution in [1.82, 2.24) is 10.2 Å². The van der Waals surface area contributed by atoms with Gasteiger partial charge in [-0.15, -0.1) is 5.10 Å². The molecule has 0 atom stereocenters. The summed E-state index contributed by atoms with van der Waals surface area (Å²) in [7, 11) is 0. The number of aromatic nitrogens is 2. The van der Waals surface area contributed by atoms with E-state index in [0.29, 0.717) is 12.3 Å².